The van der Waals surface area contributed by atoms with E-state index in [1.165, 1.54) is 23.2 Å². The fourth-order valence-corrected chi connectivity index (χ4v) is 3.85. The van der Waals surface area contributed by atoms with Crippen molar-refractivity contribution in [2.45, 2.75) is 26.2 Å². The molecule has 0 fully saturated rings. The maximum Gasteiger partial charge on any atom is 0.349 e. The summed E-state index contributed by atoms with van der Waals surface area (Å²) in [6.07, 6.45) is 3.01. The molecule has 0 unspecified atom stereocenters. The van der Waals surface area contributed by atoms with Gasteiger partial charge in [0.05, 0.1) is 0 Å². The van der Waals surface area contributed by atoms with Crippen LogP contribution in [-0.2, 0) is 12.8 Å². The topological polar surface area (TPSA) is 62.6 Å². The van der Waals surface area contributed by atoms with Crippen molar-refractivity contribution >= 4 is 22.6 Å². The van der Waals surface area contributed by atoms with Crippen LogP contribution in [0, 0.1) is 0 Å². The van der Waals surface area contributed by atoms with Gasteiger partial charge in [0.1, 0.15) is 11.1 Å². The second-order valence-electron chi connectivity index (χ2n) is 7.14. The SMILES string of the molecule is CCN1CCCc2cc(CCNC(=O)c3cc4ccccc4oc3=O)ccc21. The molecular weight excluding hydrogens is 352 g/mol. The van der Waals surface area contributed by atoms with E-state index in [9.17, 15) is 9.59 Å². The fraction of sp³-hybridized carbons (Fsp3) is 0.304. The number of anilines is 1. The van der Waals surface area contributed by atoms with Gasteiger partial charge in [-0.05, 0) is 55.5 Å². The molecular formula is C23H24N2O3. The molecule has 0 atom stereocenters. The Morgan fingerprint density at radius 2 is 2.04 bits per heavy atom. The van der Waals surface area contributed by atoms with Gasteiger partial charge in [0.25, 0.3) is 5.91 Å². The monoisotopic (exact) mass is 376 g/mol. The summed E-state index contributed by atoms with van der Waals surface area (Å²) in [6, 6.07) is 15.3. The third-order valence-electron chi connectivity index (χ3n) is 5.33. The zero-order valence-electron chi connectivity index (χ0n) is 16.0. The van der Waals surface area contributed by atoms with E-state index in [0.717, 1.165) is 31.3 Å². The molecule has 0 bridgehead atoms. The van der Waals surface area contributed by atoms with Crippen LogP contribution in [0.1, 0.15) is 34.8 Å². The van der Waals surface area contributed by atoms with Crippen LogP contribution in [0.15, 0.2) is 57.7 Å². The van der Waals surface area contributed by atoms with Gasteiger partial charge in [-0.2, -0.15) is 0 Å². The molecule has 1 aliphatic heterocycles. The predicted molar refractivity (Wildman–Crippen MR) is 111 cm³/mol. The average molecular weight is 376 g/mol. The standard InChI is InChI=1S/C23H24N2O3/c1-2-25-13-5-7-17-14-16(9-10-20(17)25)11-12-24-22(26)19-15-18-6-3-4-8-21(18)28-23(19)27/h3-4,6,8-10,14-15H,2,5,7,11-13H2,1H3,(H,24,26). The number of hydrogen-bond acceptors (Lipinski definition) is 4. The van der Waals surface area contributed by atoms with Gasteiger partial charge >= 0.3 is 5.63 Å². The van der Waals surface area contributed by atoms with E-state index in [1.54, 1.807) is 18.2 Å². The highest BCUT2D eigenvalue weighted by Gasteiger charge is 2.16. The Morgan fingerprint density at radius 3 is 2.89 bits per heavy atom. The van der Waals surface area contributed by atoms with Crippen LogP contribution in [-0.4, -0.2) is 25.5 Å². The number of carbonyl (C=O) groups excluding carboxylic acids is 1. The molecule has 0 aliphatic carbocycles. The molecule has 2 heterocycles. The minimum atomic E-state index is -0.607. The maximum absolute atomic E-state index is 12.4. The Hall–Kier alpha value is -3.08. The number of carbonyl (C=O) groups is 1. The van der Waals surface area contributed by atoms with Crippen LogP contribution in [0.3, 0.4) is 0 Å². The summed E-state index contributed by atoms with van der Waals surface area (Å²) in [5, 5.41) is 3.58. The van der Waals surface area contributed by atoms with Crippen LogP contribution in [0.5, 0.6) is 0 Å². The van der Waals surface area contributed by atoms with Gasteiger partial charge in [0, 0.05) is 30.7 Å². The van der Waals surface area contributed by atoms with E-state index in [4.69, 9.17) is 4.42 Å². The van der Waals surface area contributed by atoms with E-state index in [0.29, 0.717) is 12.1 Å². The van der Waals surface area contributed by atoms with Gasteiger partial charge in [-0.25, -0.2) is 4.79 Å². The molecule has 144 valence electrons. The van der Waals surface area contributed by atoms with Crippen LogP contribution >= 0.6 is 0 Å². The molecule has 1 amide bonds. The van der Waals surface area contributed by atoms with E-state index in [1.807, 2.05) is 12.1 Å². The van der Waals surface area contributed by atoms with E-state index < -0.39 is 11.5 Å². The Morgan fingerprint density at radius 1 is 1.18 bits per heavy atom. The maximum atomic E-state index is 12.4. The Balaban J connectivity index is 1.42. The highest BCUT2D eigenvalue weighted by Crippen LogP contribution is 2.27. The number of nitrogens with one attached hydrogen (secondary N) is 1. The average Bonchev–Trinajstić information content (AvgIpc) is 2.72. The van der Waals surface area contributed by atoms with Crippen LogP contribution in [0.4, 0.5) is 5.69 Å². The van der Waals surface area contributed by atoms with Gasteiger partial charge < -0.3 is 14.6 Å². The summed E-state index contributed by atoms with van der Waals surface area (Å²) >= 11 is 0. The Kier molecular flexibility index (Phi) is 5.15. The Bertz CT molecular complexity index is 1070. The molecule has 28 heavy (non-hydrogen) atoms. The van der Waals surface area contributed by atoms with E-state index in [-0.39, 0.29) is 5.56 Å². The summed E-state index contributed by atoms with van der Waals surface area (Å²) in [5.74, 6) is -0.394. The first kappa shape index (κ1) is 18.3. The van der Waals surface area contributed by atoms with Crippen LogP contribution in [0.25, 0.3) is 11.0 Å². The second kappa shape index (κ2) is 7.89. The van der Waals surface area contributed by atoms with Crippen molar-refractivity contribution in [1.29, 1.82) is 0 Å². The largest absolute Gasteiger partial charge is 0.422 e. The number of amides is 1. The zero-order valence-corrected chi connectivity index (χ0v) is 16.0. The number of rotatable bonds is 5. The number of aryl methyl sites for hydroxylation is 1. The highest BCUT2D eigenvalue weighted by atomic mass is 16.4. The minimum absolute atomic E-state index is 0.0442. The minimum Gasteiger partial charge on any atom is -0.422 e. The van der Waals surface area contributed by atoms with Crippen molar-refractivity contribution in [1.82, 2.24) is 5.32 Å². The van der Waals surface area contributed by atoms with Gasteiger partial charge in [-0.3, -0.25) is 4.79 Å². The number of benzene rings is 2. The first-order chi connectivity index (χ1) is 13.7. The summed E-state index contributed by atoms with van der Waals surface area (Å²) in [6.45, 7) is 4.80. The van der Waals surface area contributed by atoms with Crippen molar-refractivity contribution in [2.75, 3.05) is 24.5 Å². The molecule has 0 spiro atoms. The lowest BCUT2D eigenvalue weighted by Crippen LogP contribution is -2.30. The number of para-hydroxylation sites is 1. The molecule has 5 heteroatoms. The molecule has 1 aliphatic rings. The number of hydrogen-bond donors (Lipinski definition) is 1. The van der Waals surface area contributed by atoms with Gasteiger partial charge in [0.2, 0.25) is 0 Å². The lowest BCUT2D eigenvalue weighted by Gasteiger charge is -2.30. The van der Waals surface area contributed by atoms with Crippen molar-refractivity contribution in [3.8, 4) is 0 Å². The van der Waals surface area contributed by atoms with E-state index >= 15 is 0 Å². The second-order valence-corrected chi connectivity index (χ2v) is 7.14. The summed E-state index contributed by atoms with van der Waals surface area (Å²) < 4.78 is 5.24. The zero-order chi connectivity index (χ0) is 19.5. The molecule has 5 nitrogen and oxygen atoms in total. The van der Waals surface area contributed by atoms with Gasteiger partial charge in [-0.15, -0.1) is 0 Å². The molecule has 1 N–H and O–H groups in total. The lowest BCUT2D eigenvalue weighted by atomic mass is 9.98. The van der Waals surface area contributed by atoms with Crippen molar-refractivity contribution in [3.05, 3.63) is 75.6 Å². The molecule has 0 radical (unpaired) electrons. The first-order valence-corrected chi connectivity index (χ1v) is 9.83. The normalized spacial score (nSPS) is 13.4. The molecule has 3 aromatic rings. The highest BCUT2D eigenvalue weighted by molar-refractivity contribution is 5.96. The van der Waals surface area contributed by atoms with E-state index in [2.05, 4.69) is 35.3 Å². The third kappa shape index (κ3) is 3.65. The molecule has 2 aromatic carbocycles. The van der Waals surface area contributed by atoms with Crippen molar-refractivity contribution in [3.63, 3.8) is 0 Å². The Labute approximate surface area is 164 Å². The van der Waals surface area contributed by atoms with Crippen LogP contribution in [0.2, 0.25) is 0 Å². The molecule has 0 saturated heterocycles. The summed E-state index contributed by atoms with van der Waals surface area (Å²) in [4.78, 5) is 26.9. The van der Waals surface area contributed by atoms with Gasteiger partial charge in [-0.1, -0.05) is 30.3 Å². The van der Waals surface area contributed by atoms with Gasteiger partial charge in [0.15, 0.2) is 0 Å². The first-order valence-electron chi connectivity index (χ1n) is 9.83. The predicted octanol–water partition coefficient (Wildman–Crippen LogP) is 3.54. The van der Waals surface area contributed by atoms with Crippen molar-refractivity contribution in [2.24, 2.45) is 0 Å². The summed E-state index contributed by atoms with van der Waals surface area (Å²) in [7, 11) is 0. The smallest absolute Gasteiger partial charge is 0.349 e. The third-order valence-corrected chi connectivity index (χ3v) is 5.33. The number of nitrogens with zero attached hydrogens (tertiary/aromatic N) is 1. The fourth-order valence-electron chi connectivity index (χ4n) is 3.85. The van der Waals surface area contributed by atoms with Crippen molar-refractivity contribution < 1.29 is 9.21 Å². The molecule has 1 aromatic heterocycles. The molecule has 0 saturated carbocycles. The molecule has 4 rings (SSSR count). The lowest BCUT2D eigenvalue weighted by molar-refractivity contribution is 0.0950. The summed E-state index contributed by atoms with van der Waals surface area (Å²) in [5.41, 5.74) is 3.83. The van der Waals surface area contributed by atoms with Crippen LogP contribution < -0.4 is 15.8 Å². The quantitative estimate of drug-likeness (QED) is 0.692. The number of fused-ring (bicyclic) bond motifs is 2.